The van der Waals surface area contributed by atoms with Gasteiger partial charge >= 0.3 is 0 Å². The molecule has 0 aromatic heterocycles. The van der Waals surface area contributed by atoms with Crippen LogP contribution in [0.5, 0.6) is 0 Å². The van der Waals surface area contributed by atoms with Crippen molar-refractivity contribution in [2.24, 2.45) is 0 Å². The first-order valence-electron chi connectivity index (χ1n) is 5.22. The van der Waals surface area contributed by atoms with Crippen LogP contribution in [-0.4, -0.2) is 0 Å². The molecule has 0 spiro atoms. The Morgan fingerprint density at radius 2 is 1.77 bits per heavy atom. The molecule has 0 atom stereocenters. The van der Waals surface area contributed by atoms with Gasteiger partial charge in [-0.05, 0) is 33.6 Å². The van der Waals surface area contributed by atoms with E-state index in [1.165, 1.54) is 60.1 Å². The lowest BCUT2D eigenvalue weighted by Crippen LogP contribution is -1.92. The predicted molar refractivity (Wildman–Crippen MR) is 62.1 cm³/mol. The quantitative estimate of drug-likeness (QED) is 0.557. The summed E-state index contributed by atoms with van der Waals surface area (Å²) >= 11 is 0. The Kier molecular flexibility index (Phi) is 5.67. The zero-order valence-corrected chi connectivity index (χ0v) is 10.4. The third-order valence-corrected chi connectivity index (χ3v) is 4.60. The fourth-order valence-corrected chi connectivity index (χ4v) is 3.85. The van der Waals surface area contributed by atoms with Gasteiger partial charge in [0.05, 0.1) is 13.7 Å². The van der Waals surface area contributed by atoms with Gasteiger partial charge in [-0.15, -0.1) is 0 Å². The van der Waals surface area contributed by atoms with E-state index in [2.05, 4.69) is 18.9 Å². The highest BCUT2D eigenvalue weighted by atomic mass is 31.7. The molecule has 1 heterocycles. The molecular weight excluding hydrogens is 196 g/mol. The van der Waals surface area contributed by atoms with E-state index in [-0.39, 0.29) is 0 Å². The van der Waals surface area contributed by atoms with E-state index < -0.39 is 0 Å². The molecule has 1 aliphatic rings. The Labute approximate surface area is 84.9 Å². The number of hydrogen-bond donors (Lipinski definition) is 0. The van der Waals surface area contributed by atoms with Crippen molar-refractivity contribution in [2.75, 3.05) is 0 Å². The maximum atomic E-state index is 4.55. The number of allylic oxidation sites excluding steroid dienone is 2. The molecule has 0 amide bonds. The Hall–Kier alpha value is 0.140. The van der Waals surface area contributed by atoms with Gasteiger partial charge in [0.25, 0.3) is 0 Å². The lowest BCUT2D eigenvalue weighted by molar-refractivity contribution is 0.748. The lowest BCUT2D eigenvalue weighted by atomic mass is 10.1. The average molecular weight is 214 g/mol. The van der Waals surface area contributed by atoms with E-state index in [1.54, 1.807) is 5.31 Å². The van der Waals surface area contributed by atoms with Gasteiger partial charge in [-0.2, -0.15) is 0 Å². The molecule has 0 aromatic rings. The van der Waals surface area contributed by atoms with Crippen LogP contribution in [0.25, 0.3) is 0 Å². The first kappa shape index (κ1) is 11.2. The second-order valence-corrected chi connectivity index (χ2v) is 5.65. The molecule has 0 aliphatic carbocycles. The van der Waals surface area contributed by atoms with E-state index in [1.807, 2.05) is 0 Å². The van der Waals surface area contributed by atoms with Crippen LogP contribution >= 0.6 is 15.9 Å². The highest BCUT2D eigenvalue weighted by molar-refractivity contribution is 7.85. The zero-order chi connectivity index (χ0) is 9.52. The van der Waals surface area contributed by atoms with Gasteiger partial charge < -0.3 is 0 Å². The molecule has 0 unspecified atom stereocenters. The Morgan fingerprint density at radius 3 is 2.46 bits per heavy atom. The summed E-state index contributed by atoms with van der Waals surface area (Å²) in [5.74, 6) is 0. The highest BCUT2D eigenvalue weighted by Gasteiger charge is 2.10. The van der Waals surface area contributed by atoms with Crippen molar-refractivity contribution in [3.8, 4) is 0 Å². The summed E-state index contributed by atoms with van der Waals surface area (Å²) in [6, 6.07) is 0. The van der Waals surface area contributed by atoms with Gasteiger partial charge in [-0.25, -0.2) is 5.09 Å². The van der Waals surface area contributed by atoms with Gasteiger partial charge in [0.1, 0.15) is 0 Å². The maximum absolute atomic E-state index is 4.55. The molecule has 0 saturated carbocycles. The van der Waals surface area contributed by atoms with E-state index in [0.717, 1.165) is 0 Å². The van der Waals surface area contributed by atoms with Crippen molar-refractivity contribution in [3.63, 3.8) is 0 Å². The maximum Gasteiger partial charge on any atom is 0.0699 e. The zero-order valence-electron chi connectivity index (χ0n) is 8.58. The number of unbranched alkanes of at least 4 members (excludes halogenated alkanes) is 2. The third kappa shape index (κ3) is 3.79. The average Bonchev–Trinajstić information content (AvgIpc) is 2.59. The summed E-state index contributed by atoms with van der Waals surface area (Å²) in [6.45, 7) is 4.50. The van der Waals surface area contributed by atoms with Crippen molar-refractivity contribution in [2.45, 2.75) is 52.4 Å². The molecule has 1 radical (unpaired) electrons. The first-order chi connectivity index (χ1) is 6.38. The molecule has 1 rings (SSSR count). The highest BCUT2D eigenvalue weighted by Crippen LogP contribution is 2.39. The summed E-state index contributed by atoms with van der Waals surface area (Å²) in [4.78, 5) is 0. The van der Waals surface area contributed by atoms with Crippen LogP contribution in [0.2, 0.25) is 0 Å². The van der Waals surface area contributed by atoms with Crippen LogP contribution < -0.4 is 5.09 Å². The molecule has 0 aromatic carbocycles. The largest absolute Gasteiger partial charge is 0.227 e. The minimum Gasteiger partial charge on any atom is -0.227 e. The minimum absolute atomic E-state index is 1.22. The number of rotatable bonds is 6. The second kappa shape index (κ2) is 6.57. The predicted octanol–water partition coefficient (Wildman–Crippen LogP) is 4.92. The van der Waals surface area contributed by atoms with Crippen molar-refractivity contribution < 1.29 is 0 Å². The van der Waals surface area contributed by atoms with Gasteiger partial charge in [0.2, 0.25) is 0 Å². The van der Waals surface area contributed by atoms with Crippen LogP contribution in [0, 0.1) is 0 Å². The molecule has 13 heavy (non-hydrogen) atoms. The summed E-state index contributed by atoms with van der Waals surface area (Å²) in [7, 11) is 2.72. The molecular formula is C10H18NP2. The van der Waals surface area contributed by atoms with E-state index in [4.69, 9.17) is 0 Å². The molecule has 0 fully saturated rings. The fraction of sp³-hybridized carbons (Fsp3) is 0.800. The minimum atomic E-state index is 1.22. The SMILES string of the molecule is CCCCC1=C(CCCC)P=P[N]1. The van der Waals surface area contributed by atoms with Crippen molar-refractivity contribution in [1.82, 2.24) is 5.09 Å². The van der Waals surface area contributed by atoms with Gasteiger partial charge in [-0.1, -0.05) is 26.7 Å². The van der Waals surface area contributed by atoms with Crippen molar-refractivity contribution in [1.29, 1.82) is 0 Å². The van der Waals surface area contributed by atoms with Crippen molar-refractivity contribution in [3.05, 3.63) is 11.0 Å². The molecule has 0 bridgehead atoms. The van der Waals surface area contributed by atoms with Crippen LogP contribution in [-0.2, 0) is 0 Å². The van der Waals surface area contributed by atoms with Crippen LogP contribution in [0.4, 0.5) is 0 Å². The van der Waals surface area contributed by atoms with Gasteiger partial charge in [-0.3, -0.25) is 0 Å². The third-order valence-electron chi connectivity index (χ3n) is 2.20. The van der Waals surface area contributed by atoms with Crippen LogP contribution in [0.3, 0.4) is 0 Å². The summed E-state index contributed by atoms with van der Waals surface area (Å²) in [6.07, 6.45) is 7.73. The smallest absolute Gasteiger partial charge is 0.0699 e. The Balaban J connectivity index is 2.39. The second-order valence-electron chi connectivity index (χ2n) is 3.39. The molecule has 3 heteroatoms. The first-order valence-corrected chi connectivity index (χ1v) is 7.67. The molecule has 1 nitrogen and oxygen atoms in total. The van der Waals surface area contributed by atoms with Crippen molar-refractivity contribution >= 4 is 15.9 Å². The summed E-state index contributed by atoms with van der Waals surface area (Å²) in [5, 5.41) is 6.17. The number of hydrogen-bond acceptors (Lipinski definition) is 0. The fourth-order valence-electron chi connectivity index (χ4n) is 1.32. The van der Waals surface area contributed by atoms with Gasteiger partial charge in [0.15, 0.2) is 0 Å². The molecule has 0 N–H and O–H groups in total. The van der Waals surface area contributed by atoms with Crippen LogP contribution in [0.15, 0.2) is 11.0 Å². The van der Waals surface area contributed by atoms with E-state index >= 15 is 0 Å². The number of nitrogens with zero attached hydrogens (tertiary/aromatic N) is 1. The lowest BCUT2D eigenvalue weighted by Gasteiger charge is -2.03. The van der Waals surface area contributed by atoms with E-state index in [0.29, 0.717) is 0 Å². The summed E-state index contributed by atoms with van der Waals surface area (Å²) < 4.78 is 0. The topological polar surface area (TPSA) is 14.1 Å². The normalized spacial score (nSPS) is 17.7. The van der Waals surface area contributed by atoms with Crippen LogP contribution in [0.1, 0.15) is 52.4 Å². The Bertz CT molecular complexity index is 209. The Morgan fingerprint density at radius 1 is 1.08 bits per heavy atom. The molecule has 73 valence electrons. The van der Waals surface area contributed by atoms with E-state index in [9.17, 15) is 0 Å². The molecule has 0 saturated heterocycles. The monoisotopic (exact) mass is 214 g/mol. The molecule has 1 aliphatic heterocycles. The standard InChI is InChI=1S/C10H18NP2/c1-3-5-7-9-10(8-6-4-2)12-13-11-9/h3-8H2,1-2H3. The van der Waals surface area contributed by atoms with Gasteiger partial charge in [0, 0.05) is 5.31 Å². The summed E-state index contributed by atoms with van der Waals surface area (Å²) in [5.41, 5.74) is 1.43.